The molecule has 0 aliphatic rings. The first kappa shape index (κ1) is 8.91. The molecule has 0 aliphatic carbocycles. The molecule has 0 fully saturated rings. The van der Waals surface area contributed by atoms with Gasteiger partial charge >= 0.3 is 0 Å². The molecule has 1 rings (SSSR count). The summed E-state index contributed by atoms with van der Waals surface area (Å²) < 4.78 is 0.154. The molecule has 0 radical (unpaired) electrons. The molecule has 1 aromatic rings. The predicted octanol–water partition coefficient (Wildman–Crippen LogP) is 1.89. The summed E-state index contributed by atoms with van der Waals surface area (Å²) in [6, 6.07) is 5.16. The van der Waals surface area contributed by atoms with E-state index in [0.29, 0.717) is 11.4 Å². The number of halogens is 1. The zero-order valence-electron chi connectivity index (χ0n) is 5.91. The quantitative estimate of drug-likeness (QED) is 0.424. The topological polar surface area (TPSA) is 48.7 Å². The zero-order chi connectivity index (χ0) is 8.97. The van der Waals surface area contributed by atoms with Gasteiger partial charge in [0.25, 0.3) is 0 Å². The number of aromatic nitrogens is 1. The average molecular weight is 198 g/mol. The van der Waals surface area contributed by atoms with Crippen LogP contribution in [-0.4, -0.2) is 9.43 Å². The number of nitrogens with zero attached hydrogens (tertiary/aromatic N) is 2. The Hall–Kier alpha value is -1.18. The summed E-state index contributed by atoms with van der Waals surface area (Å²) in [5.74, 6) is 0. The van der Waals surface area contributed by atoms with Crippen molar-refractivity contribution in [3.05, 3.63) is 24.0 Å². The van der Waals surface area contributed by atoms with Crippen molar-refractivity contribution < 1.29 is 0 Å². The normalized spacial score (nSPS) is 8.67. The van der Waals surface area contributed by atoms with Crippen molar-refractivity contribution >= 4 is 34.0 Å². The van der Waals surface area contributed by atoms with E-state index in [4.69, 9.17) is 16.9 Å². The van der Waals surface area contributed by atoms with Crippen LogP contribution in [0.2, 0.25) is 0 Å². The maximum absolute atomic E-state index is 8.43. The lowest BCUT2D eigenvalue weighted by Gasteiger charge is -1.99. The van der Waals surface area contributed by atoms with Crippen molar-refractivity contribution in [3.63, 3.8) is 0 Å². The van der Waals surface area contributed by atoms with Crippen molar-refractivity contribution in [2.75, 3.05) is 5.32 Å². The lowest BCUT2D eigenvalue weighted by Crippen LogP contribution is -2.00. The Morgan fingerprint density at radius 3 is 2.83 bits per heavy atom. The van der Waals surface area contributed by atoms with Gasteiger partial charge in [-0.15, -0.1) is 0 Å². The third kappa shape index (κ3) is 2.46. The summed E-state index contributed by atoms with van der Waals surface area (Å²) in [5.41, 5.74) is 1.04. The fraction of sp³-hybridized carbons (Fsp3) is 0. The van der Waals surface area contributed by atoms with Gasteiger partial charge in [0.15, 0.2) is 4.45 Å². The molecule has 0 saturated carbocycles. The fourth-order valence-electron chi connectivity index (χ4n) is 0.647. The van der Waals surface area contributed by atoms with Gasteiger partial charge in [-0.25, -0.2) is 4.98 Å². The Labute approximate surface area is 80.0 Å². The maximum atomic E-state index is 8.43. The lowest BCUT2D eigenvalue weighted by molar-refractivity contribution is 1.27. The van der Waals surface area contributed by atoms with Crippen LogP contribution in [0.25, 0.3) is 0 Å². The van der Waals surface area contributed by atoms with Crippen LogP contribution in [-0.2, 0) is 0 Å². The molecule has 0 unspecified atom stereocenters. The van der Waals surface area contributed by atoms with Gasteiger partial charge in [0.2, 0.25) is 0 Å². The van der Waals surface area contributed by atoms with Gasteiger partial charge in [0, 0.05) is 0 Å². The van der Waals surface area contributed by atoms with Gasteiger partial charge < -0.3 is 5.32 Å². The van der Waals surface area contributed by atoms with Crippen molar-refractivity contribution in [2.45, 2.75) is 0 Å². The summed E-state index contributed by atoms with van der Waals surface area (Å²) in [6.07, 6.45) is 1.49. The van der Waals surface area contributed by atoms with Crippen LogP contribution in [0.4, 0.5) is 5.69 Å². The highest BCUT2D eigenvalue weighted by molar-refractivity contribution is 7.83. The molecule has 5 heteroatoms. The van der Waals surface area contributed by atoms with Crippen LogP contribution in [0.5, 0.6) is 0 Å². The molecule has 1 heterocycles. The fourth-order valence-corrected chi connectivity index (χ4v) is 0.874. The van der Waals surface area contributed by atoms with Crippen molar-refractivity contribution in [1.29, 1.82) is 5.26 Å². The Morgan fingerprint density at radius 1 is 1.67 bits per heavy atom. The Bertz CT molecular complexity index is 327. The number of anilines is 1. The second-order valence-electron chi connectivity index (χ2n) is 1.94. The Kier molecular flexibility index (Phi) is 2.97. The molecule has 0 spiro atoms. The number of rotatable bonds is 1. The number of pyridine rings is 1. The lowest BCUT2D eigenvalue weighted by atomic mass is 10.3. The molecular formula is C7H4ClN3S. The molecular weight excluding hydrogens is 194 g/mol. The number of nitrogens with one attached hydrogen (secondary N) is 1. The third-order valence-electron chi connectivity index (χ3n) is 1.12. The molecule has 0 saturated heterocycles. The summed E-state index contributed by atoms with van der Waals surface area (Å²) in [6.45, 7) is 0. The molecule has 0 amide bonds. The largest absolute Gasteiger partial charge is 0.336 e. The number of nitriles is 1. The Morgan fingerprint density at radius 2 is 2.42 bits per heavy atom. The van der Waals surface area contributed by atoms with Gasteiger partial charge in [0.05, 0.1) is 11.9 Å². The van der Waals surface area contributed by atoms with Gasteiger partial charge in [-0.1, -0.05) is 11.6 Å². The van der Waals surface area contributed by atoms with Crippen LogP contribution in [0.15, 0.2) is 18.3 Å². The average Bonchev–Trinajstić information content (AvgIpc) is 2.05. The van der Waals surface area contributed by atoms with E-state index in [-0.39, 0.29) is 4.45 Å². The van der Waals surface area contributed by atoms with Crippen LogP contribution in [0.3, 0.4) is 0 Å². The van der Waals surface area contributed by atoms with Crippen LogP contribution >= 0.6 is 23.8 Å². The zero-order valence-corrected chi connectivity index (χ0v) is 7.49. The van der Waals surface area contributed by atoms with E-state index in [0.717, 1.165) is 0 Å². The standard InChI is InChI=1S/C7H4ClN3S/c8-7(12)11-6-2-1-5(3-9)10-4-6/h1-2,4H,(H,11,12). The number of hydrogen-bond acceptors (Lipinski definition) is 3. The van der Waals surface area contributed by atoms with Crippen LogP contribution in [0, 0.1) is 11.3 Å². The molecule has 0 atom stereocenters. The predicted molar refractivity (Wildman–Crippen MR) is 51.0 cm³/mol. The molecule has 0 bridgehead atoms. The van der Waals surface area contributed by atoms with Gasteiger partial charge in [-0.05, 0) is 24.4 Å². The second-order valence-corrected chi connectivity index (χ2v) is 2.95. The summed E-state index contributed by atoms with van der Waals surface area (Å²) in [5, 5.41) is 11.1. The van der Waals surface area contributed by atoms with E-state index >= 15 is 0 Å². The van der Waals surface area contributed by atoms with E-state index < -0.39 is 0 Å². The molecule has 12 heavy (non-hydrogen) atoms. The molecule has 0 aromatic carbocycles. The molecule has 0 aliphatic heterocycles. The summed E-state index contributed by atoms with van der Waals surface area (Å²) in [7, 11) is 0. The van der Waals surface area contributed by atoms with Gasteiger partial charge in [-0.2, -0.15) is 5.26 Å². The molecule has 3 nitrogen and oxygen atoms in total. The number of hydrogen-bond donors (Lipinski definition) is 1. The molecule has 60 valence electrons. The first-order chi connectivity index (χ1) is 5.72. The monoisotopic (exact) mass is 197 g/mol. The smallest absolute Gasteiger partial charge is 0.171 e. The highest BCUT2D eigenvalue weighted by Crippen LogP contribution is 2.06. The minimum absolute atomic E-state index is 0.154. The highest BCUT2D eigenvalue weighted by atomic mass is 35.5. The molecule has 1 aromatic heterocycles. The second kappa shape index (κ2) is 4.00. The van der Waals surface area contributed by atoms with Crippen LogP contribution < -0.4 is 5.32 Å². The van der Waals surface area contributed by atoms with Gasteiger partial charge in [-0.3, -0.25) is 0 Å². The summed E-state index contributed by atoms with van der Waals surface area (Å²) >= 11 is 10.0. The van der Waals surface area contributed by atoms with Crippen molar-refractivity contribution in [3.8, 4) is 6.07 Å². The van der Waals surface area contributed by atoms with Crippen LogP contribution in [0.1, 0.15) is 5.69 Å². The van der Waals surface area contributed by atoms with E-state index in [1.165, 1.54) is 6.20 Å². The molecule has 1 N–H and O–H groups in total. The summed E-state index contributed by atoms with van der Waals surface area (Å²) in [4.78, 5) is 3.81. The van der Waals surface area contributed by atoms with Gasteiger partial charge in [0.1, 0.15) is 11.8 Å². The SMILES string of the molecule is N#Cc1ccc(NC(=S)Cl)cn1. The van der Waals surface area contributed by atoms with Crippen molar-refractivity contribution in [2.24, 2.45) is 0 Å². The van der Waals surface area contributed by atoms with E-state index in [1.807, 2.05) is 6.07 Å². The van der Waals surface area contributed by atoms with E-state index in [1.54, 1.807) is 12.1 Å². The van der Waals surface area contributed by atoms with E-state index in [2.05, 4.69) is 22.5 Å². The minimum atomic E-state index is 0.154. The van der Waals surface area contributed by atoms with Crippen molar-refractivity contribution in [1.82, 2.24) is 4.98 Å². The Balaban J connectivity index is 2.80. The number of thiocarbonyl (C=S) groups is 1. The third-order valence-corrected chi connectivity index (χ3v) is 1.32. The van der Waals surface area contributed by atoms with E-state index in [9.17, 15) is 0 Å². The first-order valence-corrected chi connectivity index (χ1v) is 3.83. The minimum Gasteiger partial charge on any atom is -0.336 e. The first-order valence-electron chi connectivity index (χ1n) is 3.05. The maximum Gasteiger partial charge on any atom is 0.171 e. The highest BCUT2D eigenvalue weighted by Gasteiger charge is 1.94.